The molecule has 2 heterocycles. The van der Waals surface area contributed by atoms with Crippen LogP contribution in [-0.4, -0.2) is 34.2 Å². The Morgan fingerprint density at radius 2 is 1.47 bits per heavy atom. The zero-order chi connectivity index (χ0) is 24.9. The van der Waals surface area contributed by atoms with E-state index in [0.717, 1.165) is 41.0 Å². The van der Waals surface area contributed by atoms with Gasteiger partial charge in [0.25, 0.3) is 0 Å². The van der Waals surface area contributed by atoms with Crippen molar-refractivity contribution in [2.24, 2.45) is 23.7 Å². The van der Waals surface area contributed by atoms with Crippen molar-refractivity contribution in [1.29, 1.82) is 0 Å². The van der Waals surface area contributed by atoms with Crippen molar-refractivity contribution >= 4 is 41.6 Å². The molecule has 0 saturated heterocycles. The Balaban J connectivity index is 1.50. The first-order valence-corrected chi connectivity index (χ1v) is 19.4. The zero-order valence-electron chi connectivity index (χ0n) is 21.8. The number of benzene rings is 1. The van der Waals surface area contributed by atoms with Crippen LogP contribution in [0.4, 0.5) is 0 Å². The van der Waals surface area contributed by atoms with Gasteiger partial charge in [0.15, 0.2) is 11.1 Å². The van der Waals surface area contributed by atoms with E-state index in [0.29, 0.717) is 5.41 Å². The number of hydrogen-bond donors (Lipinski definition) is 0. The van der Waals surface area contributed by atoms with Gasteiger partial charge in [0, 0.05) is 38.9 Å². The van der Waals surface area contributed by atoms with Gasteiger partial charge in [0.1, 0.15) is 0 Å². The number of rotatable bonds is 7. The molecule has 4 unspecified atom stereocenters. The molecule has 0 amide bonds. The van der Waals surface area contributed by atoms with Crippen molar-refractivity contribution in [2.45, 2.75) is 63.3 Å². The maximum Gasteiger partial charge on any atom is 0.158 e. The SMILES string of the molecule is C[Si](C)(C)c1ccc(C23CC4CC(CC(C4)C2CP)C3)c(CP(c2ncccn2)c2ncccn2)c1. The van der Waals surface area contributed by atoms with Crippen LogP contribution in [0.1, 0.15) is 43.2 Å². The normalized spacial score (nSPS) is 29.1. The molecule has 3 aromatic rings. The van der Waals surface area contributed by atoms with Gasteiger partial charge in [-0.1, -0.05) is 43.0 Å². The Kier molecular flexibility index (Phi) is 6.64. The lowest BCUT2D eigenvalue weighted by atomic mass is 9.43. The van der Waals surface area contributed by atoms with E-state index in [9.17, 15) is 0 Å². The minimum atomic E-state index is -1.47. The van der Waals surface area contributed by atoms with E-state index in [2.05, 4.69) is 47.1 Å². The molecule has 4 fully saturated rings. The van der Waals surface area contributed by atoms with Crippen LogP contribution >= 0.6 is 17.2 Å². The van der Waals surface area contributed by atoms with Crippen LogP contribution in [0, 0.1) is 23.7 Å². The molecule has 2 aromatic heterocycles. The molecule has 0 N–H and O–H groups in total. The standard InChI is InChI=1S/C29H38N4P2Si/c1-36(2,3)24-6-7-25(29-16-20-12-21(17-29)14-22(13-20)26(29)18-34)23(15-24)19-35(27-30-8-4-9-31-27)28-32-10-5-11-33-28/h4-11,15,20-22,26H,12-14,16-19,34H2,1-3H3. The van der Waals surface area contributed by atoms with Crippen molar-refractivity contribution in [1.82, 2.24) is 19.9 Å². The van der Waals surface area contributed by atoms with Crippen molar-refractivity contribution in [3.63, 3.8) is 0 Å². The summed E-state index contributed by atoms with van der Waals surface area (Å²) in [7, 11) is 0.784. The molecular formula is C29H38N4P2Si. The molecule has 4 aliphatic carbocycles. The van der Waals surface area contributed by atoms with Gasteiger partial charge in [-0.05, 0) is 90.6 Å². The summed E-state index contributed by atoms with van der Waals surface area (Å²) in [5.74, 6) is 3.50. The minimum Gasteiger partial charge on any atom is -0.237 e. The highest BCUT2D eigenvalue weighted by Gasteiger charge is 2.57. The average molecular weight is 533 g/mol. The van der Waals surface area contributed by atoms with Gasteiger partial charge in [0.05, 0.1) is 8.07 Å². The summed E-state index contributed by atoms with van der Waals surface area (Å²) in [6.07, 6.45) is 16.7. The van der Waals surface area contributed by atoms with E-state index in [4.69, 9.17) is 19.9 Å². The Bertz CT molecular complexity index is 1160. The summed E-state index contributed by atoms with van der Waals surface area (Å²) in [5.41, 5.74) is 5.24. The molecule has 7 rings (SSSR count). The highest BCUT2D eigenvalue weighted by Crippen LogP contribution is 2.64. The van der Waals surface area contributed by atoms with E-state index in [1.807, 2.05) is 36.9 Å². The number of aromatic nitrogens is 4. The van der Waals surface area contributed by atoms with Crippen LogP contribution in [0.3, 0.4) is 0 Å². The monoisotopic (exact) mass is 532 g/mol. The van der Waals surface area contributed by atoms with Gasteiger partial charge < -0.3 is 0 Å². The molecule has 0 radical (unpaired) electrons. The first-order chi connectivity index (χ1) is 17.4. The van der Waals surface area contributed by atoms with Gasteiger partial charge in [-0.2, -0.15) is 0 Å². The topological polar surface area (TPSA) is 51.6 Å². The van der Waals surface area contributed by atoms with Gasteiger partial charge >= 0.3 is 0 Å². The van der Waals surface area contributed by atoms with Gasteiger partial charge in [0.2, 0.25) is 0 Å². The summed E-state index contributed by atoms with van der Waals surface area (Å²) in [6.45, 7) is 7.39. The molecule has 4 atom stereocenters. The fourth-order valence-electron chi connectivity index (χ4n) is 7.92. The maximum atomic E-state index is 4.72. The van der Waals surface area contributed by atoms with E-state index < -0.39 is 16.0 Å². The second-order valence-corrected chi connectivity index (χ2v) is 19.9. The molecule has 4 nitrogen and oxygen atoms in total. The largest absolute Gasteiger partial charge is 0.237 e. The lowest BCUT2D eigenvalue weighted by Gasteiger charge is -2.62. The van der Waals surface area contributed by atoms with Crippen molar-refractivity contribution in [3.05, 3.63) is 66.2 Å². The number of hydrogen-bond acceptors (Lipinski definition) is 4. The average Bonchev–Trinajstić information content (AvgIpc) is 2.87. The van der Waals surface area contributed by atoms with Crippen LogP contribution in [0.15, 0.2) is 55.1 Å². The summed E-state index contributed by atoms with van der Waals surface area (Å²) < 4.78 is 0. The van der Waals surface area contributed by atoms with Crippen LogP contribution in [0.2, 0.25) is 19.6 Å². The Hall–Kier alpha value is -1.54. The molecule has 0 spiro atoms. The molecule has 0 aliphatic heterocycles. The molecule has 188 valence electrons. The fraction of sp³-hybridized carbons (Fsp3) is 0.517. The lowest BCUT2D eigenvalue weighted by Crippen LogP contribution is -2.56. The third kappa shape index (κ3) is 4.40. The fourth-order valence-corrected chi connectivity index (χ4v) is 11.8. The molecule has 1 aromatic carbocycles. The van der Waals surface area contributed by atoms with E-state index in [-0.39, 0.29) is 0 Å². The summed E-state index contributed by atoms with van der Waals surface area (Å²) in [6, 6.07) is 11.4. The van der Waals surface area contributed by atoms with Crippen LogP contribution < -0.4 is 16.3 Å². The third-order valence-electron chi connectivity index (χ3n) is 9.20. The summed E-state index contributed by atoms with van der Waals surface area (Å²) in [5, 5.41) is 1.55. The highest BCUT2D eigenvalue weighted by atomic mass is 31.1. The predicted octanol–water partition coefficient (Wildman–Crippen LogP) is 5.01. The first-order valence-electron chi connectivity index (χ1n) is 13.5. The molecule has 4 bridgehead atoms. The van der Waals surface area contributed by atoms with Gasteiger partial charge in [-0.25, -0.2) is 19.9 Å². The zero-order valence-corrected chi connectivity index (χ0v) is 24.8. The second kappa shape index (κ2) is 9.64. The molecule has 4 aliphatic rings. The Morgan fingerprint density at radius 3 is 2.00 bits per heavy atom. The van der Waals surface area contributed by atoms with Crippen molar-refractivity contribution in [2.75, 3.05) is 6.16 Å². The minimum absolute atomic E-state index is 0.319. The first kappa shape index (κ1) is 24.8. The smallest absolute Gasteiger partial charge is 0.158 e. The molecular weight excluding hydrogens is 494 g/mol. The maximum absolute atomic E-state index is 4.72. The van der Waals surface area contributed by atoms with Crippen molar-refractivity contribution < 1.29 is 0 Å². The van der Waals surface area contributed by atoms with Gasteiger partial charge in [-0.3, -0.25) is 0 Å². The van der Waals surface area contributed by atoms with E-state index >= 15 is 0 Å². The Labute approximate surface area is 220 Å². The van der Waals surface area contributed by atoms with E-state index in [1.165, 1.54) is 43.8 Å². The van der Waals surface area contributed by atoms with Crippen LogP contribution in [0.25, 0.3) is 0 Å². The third-order valence-corrected chi connectivity index (χ3v) is 13.8. The van der Waals surface area contributed by atoms with Gasteiger partial charge in [-0.15, -0.1) is 9.24 Å². The molecule has 4 saturated carbocycles. The highest BCUT2D eigenvalue weighted by molar-refractivity contribution is 7.71. The quantitative estimate of drug-likeness (QED) is 0.317. The van der Waals surface area contributed by atoms with Crippen LogP contribution in [-0.2, 0) is 11.6 Å². The predicted molar refractivity (Wildman–Crippen MR) is 157 cm³/mol. The number of nitrogens with zero attached hydrogens (tertiary/aromatic N) is 4. The summed E-state index contributed by atoms with van der Waals surface area (Å²) >= 11 is 0. The van der Waals surface area contributed by atoms with E-state index in [1.54, 1.807) is 10.8 Å². The molecule has 36 heavy (non-hydrogen) atoms. The Morgan fingerprint density at radius 1 is 0.889 bits per heavy atom. The summed E-state index contributed by atoms with van der Waals surface area (Å²) in [4.78, 5) is 18.9. The second-order valence-electron chi connectivity index (χ2n) is 12.4. The lowest BCUT2D eigenvalue weighted by molar-refractivity contribution is -0.0520. The molecule has 7 heteroatoms. The van der Waals surface area contributed by atoms with Crippen LogP contribution in [0.5, 0.6) is 0 Å². The van der Waals surface area contributed by atoms with Crippen molar-refractivity contribution in [3.8, 4) is 0 Å².